The highest BCUT2D eigenvalue weighted by Crippen LogP contribution is 2.20. The van der Waals surface area contributed by atoms with Gasteiger partial charge < -0.3 is 15.0 Å². The summed E-state index contributed by atoms with van der Waals surface area (Å²) in [6, 6.07) is 5.62. The molecule has 0 aromatic carbocycles. The fourth-order valence-electron chi connectivity index (χ4n) is 3.60. The van der Waals surface area contributed by atoms with E-state index in [4.69, 9.17) is 4.74 Å². The molecule has 3 heterocycles. The van der Waals surface area contributed by atoms with Crippen LogP contribution in [0.25, 0.3) is 0 Å². The second-order valence-corrected chi connectivity index (χ2v) is 8.68. The van der Waals surface area contributed by atoms with Gasteiger partial charge in [-0.2, -0.15) is 4.31 Å². The molecule has 2 saturated heterocycles. The average Bonchev–Trinajstić information content (AvgIpc) is 3.26. The molecule has 0 radical (unpaired) electrons. The fourth-order valence-corrected chi connectivity index (χ4v) is 4.78. The number of hydrogen-bond donors (Lipinski definition) is 1. The van der Waals surface area contributed by atoms with Crippen LogP contribution in [0, 0.1) is 0 Å². The second-order valence-electron chi connectivity index (χ2n) is 6.74. The van der Waals surface area contributed by atoms with Crippen molar-refractivity contribution in [2.24, 2.45) is 4.99 Å². The predicted molar refractivity (Wildman–Crippen MR) is 101 cm³/mol. The lowest BCUT2D eigenvalue weighted by atomic mass is 10.2. The summed E-state index contributed by atoms with van der Waals surface area (Å²) in [5.41, 5.74) is 0. The predicted octanol–water partition coefficient (Wildman–Crippen LogP) is 0.534. The fraction of sp³-hybridized carbons (Fsp3) is 0.647. The van der Waals surface area contributed by atoms with E-state index >= 15 is 0 Å². The van der Waals surface area contributed by atoms with Crippen molar-refractivity contribution in [1.82, 2.24) is 19.5 Å². The first kappa shape index (κ1) is 18.9. The first-order valence-electron chi connectivity index (χ1n) is 8.97. The molecule has 2 aliphatic rings. The zero-order valence-corrected chi connectivity index (χ0v) is 16.2. The maximum atomic E-state index is 11.9. The summed E-state index contributed by atoms with van der Waals surface area (Å²) in [6.45, 7) is 2.75. The molecule has 1 aromatic heterocycles. The van der Waals surface area contributed by atoms with Crippen molar-refractivity contribution in [1.29, 1.82) is 0 Å². The quantitative estimate of drug-likeness (QED) is 0.592. The van der Waals surface area contributed by atoms with E-state index in [1.165, 1.54) is 6.26 Å². The number of nitrogens with one attached hydrogen (secondary N) is 1. The highest BCUT2D eigenvalue weighted by Gasteiger charge is 2.32. The number of aliphatic imine (C=N–C) groups is 1. The van der Waals surface area contributed by atoms with Gasteiger partial charge in [-0.25, -0.2) is 13.4 Å². The monoisotopic (exact) mass is 381 g/mol. The van der Waals surface area contributed by atoms with Gasteiger partial charge in [0.05, 0.1) is 12.8 Å². The SMILES string of the molecule is CN=C(NC[C@H]1CCCN1S(C)(=O)=O)N1CCC(Oc2ccccn2)C1. The first-order valence-corrected chi connectivity index (χ1v) is 10.8. The summed E-state index contributed by atoms with van der Waals surface area (Å²) in [6.07, 6.45) is 5.75. The summed E-state index contributed by atoms with van der Waals surface area (Å²) in [5.74, 6) is 1.43. The summed E-state index contributed by atoms with van der Waals surface area (Å²) in [7, 11) is -1.41. The molecule has 0 bridgehead atoms. The van der Waals surface area contributed by atoms with E-state index in [1.807, 2.05) is 18.2 Å². The Morgan fingerprint density at radius 3 is 2.92 bits per heavy atom. The lowest BCUT2D eigenvalue weighted by molar-refractivity contribution is 0.205. The minimum Gasteiger partial charge on any atom is -0.472 e. The van der Waals surface area contributed by atoms with Crippen LogP contribution >= 0.6 is 0 Å². The average molecular weight is 382 g/mol. The van der Waals surface area contributed by atoms with Gasteiger partial charge in [0, 0.05) is 51.4 Å². The van der Waals surface area contributed by atoms with Gasteiger partial charge >= 0.3 is 0 Å². The van der Waals surface area contributed by atoms with E-state index < -0.39 is 10.0 Å². The Labute approximate surface area is 155 Å². The summed E-state index contributed by atoms with van der Waals surface area (Å²) >= 11 is 0. The van der Waals surface area contributed by atoms with Gasteiger partial charge in [0.25, 0.3) is 0 Å². The third kappa shape index (κ3) is 4.64. The third-order valence-electron chi connectivity index (χ3n) is 4.83. The van der Waals surface area contributed by atoms with Crippen molar-refractivity contribution >= 4 is 16.0 Å². The first-order chi connectivity index (χ1) is 12.5. The minimum atomic E-state index is -3.16. The topological polar surface area (TPSA) is 87.1 Å². The minimum absolute atomic E-state index is 0.00933. The molecule has 1 unspecified atom stereocenters. The van der Waals surface area contributed by atoms with Crippen LogP contribution in [-0.2, 0) is 10.0 Å². The van der Waals surface area contributed by atoms with Crippen LogP contribution in [0.15, 0.2) is 29.4 Å². The molecule has 0 spiro atoms. The van der Waals surface area contributed by atoms with E-state index in [0.717, 1.165) is 38.3 Å². The maximum absolute atomic E-state index is 11.9. The Hall–Kier alpha value is -1.87. The van der Waals surface area contributed by atoms with Crippen LogP contribution in [0.3, 0.4) is 0 Å². The molecule has 1 N–H and O–H groups in total. The highest BCUT2D eigenvalue weighted by atomic mass is 32.2. The van der Waals surface area contributed by atoms with E-state index in [2.05, 4.69) is 20.2 Å². The van der Waals surface area contributed by atoms with Crippen molar-refractivity contribution in [2.75, 3.05) is 39.5 Å². The summed E-state index contributed by atoms with van der Waals surface area (Å²) in [4.78, 5) is 10.7. The number of guanidine groups is 1. The smallest absolute Gasteiger partial charge is 0.213 e. The van der Waals surface area contributed by atoms with E-state index in [-0.39, 0.29) is 12.1 Å². The van der Waals surface area contributed by atoms with Gasteiger partial charge in [0.15, 0.2) is 5.96 Å². The van der Waals surface area contributed by atoms with E-state index in [9.17, 15) is 8.42 Å². The number of pyridine rings is 1. The van der Waals surface area contributed by atoms with E-state index in [0.29, 0.717) is 19.0 Å². The Morgan fingerprint density at radius 1 is 1.38 bits per heavy atom. The van der Waals surface area contributed by atoms with Crippen LogP contribution in [-0.4, -0.2) is 80.2 Å². The zero-order chi connectivity index (χ0) is 18.6. The molecule has 8 nitrogen and oxygen atoms in total. The molecule has 2 fully saturated rings. The van der Waals surface area contributed by atoms with Crippen LogP contribution in [0.1, 0.15) is 19.3 Å². The molecule has 0 saturated carbocycles. The molecule has 1 aromatic rings. The zero-order valence-electron chi connectivity index (χ0n) is 15.3. The Morgan fingerprint density at radius 2 is 2.23 bits per heavy atom. The maximum Gasteiger partial charge on any atom is 0.213 e. The van der Waals surface area contributed by atoms with Crippen LogP contribution in [0.5, 0.6) is 5.88 Å². The molecule has 2 aliphatic heterocycles. The van der Waals surface area contributed by atoms with Crippen molar-refractivity contribution < 1.29 is 13.2 Å². The van der Waals surface area contributed by atoms with Crippen molar-refractivity contribution in [2.45, 2.75) is 31.4 Å². The van der Waals surface area contributed by atoms with Gasteiger partial charge in [-0.05, 0) is 18.9 Å². The van der Waals surface area contributed by atoms with Gasteiger partial charge in [-0.1, -0.05) is 6.07 Å². The standard InChI is InChI=1S/C17H27N5O3S/c1-18-17(20-12-14-6-5-10-22(14)26(2,23)24)21-11-8-15(13-21)25-16-7-3-4-9-19-16/h3-4,7,9,14-15H,5-6,8,10-13H2,1-2H3,(H,18,20)/t14-,15?/m1/s1. The molecule has 3 rings (SSSR count). The second kappa shape index (κ2) is 8.22. The number of rotatable bonds is 5. The lowest BCUT2D eigenvalue weighted by Gasteiger charge is -2.26. The summed E-state index contributed by atoms with van der Waals surface area (Å²) in [5, 5.41) is 3.34. The molecule has 0 aliphatic carbocycles. The number of sulfonamides is 1. The molecule has 26 heavy (non-hydrogen) atoms. The normalized spacial score (nSPS) is 24.8. The van der Waals surface area contributed by atoms with Gasteiger partial charge in [0.2, 0.25) is 15.9 Å². The number of aromatic nitrogens is 1. The van der Waals surface area contributed by atoms with Crippen LogP contribution in [0.2, 0.25) is 0 Å². The lowest BCUT2D eigenvalue weighted by Crippen LogP contribution is -2.47. The molecule has 0 amide bonds. The van der Waals surface area contributed by atoms with Gasteiger partial charge in [-0.15, -0.1) is 0 Å². The Balaban J connectivity index is 1.52. The van der Waals surface area contributed by atoms with Crippen molar-refractivity contribution in [3.8, 4) is 5.88 Å². The number of nitrogens with zero attached hydrogens (tertiary/aromatic N) is 4. The molecular formula is C17H27N5O3S. The number of likely N-dealkylation sites (tertiary alicyclic amines) is 1. The van der Waals surface area contributed by atoms with Crippen LogP contribution < -0.4 is 10.1 Å². The Kier molecular flexibility index (Phi) is 5.98. The van der Waals surface area contributed by atoms with E-state index in [1.54, 1.807) is 17.5 Å². The number of ether oxygens (including phenoxy) is 1. The molecule has 2 atom stereocenters. The van der Waals surface area contributed by atoms with Gasteiger partial charge in [0.1, 0.15) is 6.10 Å². The van der Waals surface area contributed by atoms with Crippen molar-refractivity contribution in [3.05, 3.63) is 24.4 Å². The molecular weight excluding hydrogens is 354 g/mol. The Bertz CT molecular complexity index is 725. The molecule has 144 valence electrons. The van der Waals surface area contributed by atoms with Crippen molar-refractivity contribution in [3.63, 3.8) is 0 Å². The summed E-state index contributed by atoms with van der Waals surface area (Å²) < 4.78 is 31.2. The molecule has 9 heteroatoms. The van der Waals surface area contributed by atoms with Gasteiger partial charge in [-0.3, -0.25) is 4.99 Å². The van der Waals surface area contributed by atoms with Crippen LogP contribution in [0.4, 0.5) is 0 Å². The number of hydrogen-bond acceptors (Lipinski definition) is 5. The third-order valence-corrected chi connectivity index (χ3v) is 6.16. The highest BCUT2D eigenvalue weighted by molar-refractivity contribution is 7.88. The largest absolute Gasteiger partial charge is 0.472 e.